The van der Waals surface area contributed by atoms with Crippen LogP contribution in [0, 0.1) is 13.8 Å². The molecule has 0 saturated carbocycles. The van der Waals surface area contributed by atoms with Crippen LogP contribution < -0.4 is 19.1 Å². The number of carbonyl (C=O) groups is 1. The van der Waals surface area contributed by atoms with E-state index in [4.69, 9.17) is 9.47 Å². The second-order valence-corrected chi connectivity index (χ2v) is 9.49. The predicted octanol–water partition coefficient (Wildman–Crippen LogP) is 2.81. The number of anilines is 1. The van der Waals surface area contributed by atoms with E-state index < -0.39 is 10.0 Å². The van der Waals surface area contributed by atoms with E-state index in [2.05, 4.69) is 5.32 Å². The summed E-state index contributed by atoms with van der Waals surface area (Å²) in [6.45, 7) is 4.80. The number of hydrogen-bond donors (Lipinski definition) is 1. The van der Waals surface area contributed by atoms with Gasteiger partial charge in [0.1, 0.15) is 12.7 Å². The summed E-state index contributed by atoms with van der Waals surface area (Å²) in [4.78, 5) is 12.2. The molecule has 0 spiro atoms. The highest BCUT2D eigenvalue weighted by molar-refractivity contribution is 7.92. The summed E-state index contributed by atoms with van der Waals surface area (Å²) < 4.78 is 37.3. The van der Waals surface area contributed by atoms with E-state index in [0.717, 1.165) is 11.1 Å². The number of nitrogens with one attached hydrogen (secondary N) is 1. The number of carbonyl (C=O) groups excluding carboxylic acids is 1. The Labute approximate surface area is 178 Å². The maximum atomic E-state index is 12.3. The quantitative estimate of drug-likeness (QED) is 0.693. The third-order valence-corrected chi connectivity index (χ3v) is 5.95. The molecule has 1 heterocycles. The van der Waals surface area contributed by atoms with E-state index in [9.17, 15) is 13.2 Å². The SMILES string of the molecule is Cc1cc(C)cc(N(CCCC(=O)NC[C@H]2COc3ccccc3O2)S(C)(=O)=O)c1. The lowest BCUT2D eigenvalue weighted by Crippen LogP contribution is -2.41. The number of ether oxygens (including phenoxy) is 2. The van der Waals surface area contributed by atoms with Crippen molar-refractivity contribution in [1.82, 2.24) is 5.32 Å². The first-order valence-electron chi connectivity index (χ1n) is 9.93. The molecule has 0 aliphatic carbocycles. The fraction of sp³-hybridized carbons (Fsp3) is 0.409. The maximum absolute atomic E-state index is 12.3. The number of para-hydroxylation sites is 2. The van der Waals surface area contributed by atoms with Crippen molar-refractivity contribution in [3.05, 3.63) is 53.6 Å². The molecule has 0 fully saturated rings. The van der Waals surface area contributed by atoms with Crippen LogP contribution in [0.4, 0.5) is 5.69 Å². The van der Waals surface area contributed by atoms with E-state index in [1.54, 1.807) is 0 Å². The third kappa shape index (κ3) is 5.89. The number of amides is 1. The maximum Gasteiger partial charge on any atom is 0.232 e. The lowest BCUT2D eigenvalue weighted by molar-refractivity contribution is -0.121. The summed E-state index contributed by atoms with van der Waals surface area (Å²) in [5, 5.41) is 2.84. The first-order valence-corrected chi connectivity index (χ1v) is 11.8. The summed E-state index contributed by atoms with van der Waals surface area (Å²) in [6, 6.07) is 13.1. The van der Waals surface area contributed by atoms with Crippen LogP contribution in [0.15, 0.2) is 42.5 Å². The monoisotopic (exact) mass is 432 g/mol. The summed E-state index contributed by atoms with van der Waals surface area (Å²) in [7, 11) is -3.44. The van der Waals surface area contributed by atoms with Gasteiger partial charge in [-0.25, -0.2) is 8.42 Å². The minimum atomic E-state index is -3.44. The molecular formula is C22H28N2O5S. The highest BCUT2D eigenvalue weighted by Gasteiger charge is 2.22. The van der Waals surface area contributed by atoms with Crippen LogP contribution in [-0.2, 0) is 14.8 Å². The molecule has 1 N–H and O–H groups in total. The van der Waals surface area contributed by atoms with Crippen LogP contribution in [0.3, 0.4) is 0 Å². The van der Waals surface area contributed by atoms with Crippen molar-refractivity contribution in [2.75, 3.05) is 30.3 Å². The molecule has 1 amide bonds. The number of nitrogens with zero attached hydrogens (tertiary/aromatic N) is 1. The zero-order valence-electron chi connectivity index (χ0n) is 17.6. The lowest BCUT2D eigenvalue weighted by Gasteiger charge is -2.26. The van der Waals surface area contributed by atoms with E-state index in [0.29, 0.717) is 36.8 Å². The predicted molar refractivity (Wildman–Crippen MR) is 117 cm³/mol. The van der Waals surface area contributed by atoms with Gasteiger partial charge in [0, 0.05) is 13.0 Å². The van der Waals surface area contributed by atoms with Gasteiger partial charge in [0.15, 0.2) is 11.5 Å². The summed E-state index contributed by atoms with van der Waals surface area (Å²) >= 11 is 0. The molecule has 8 heteroatoms. The van der Waals surface area contributed by atoms with Gasteiger partial charge in [0.05, 0.1) is 18.5 Å². The van der Waals surface area contributed by atoms with Crippen molar-refractivity contribution < 1.29 is 22.7 Å². The molecule has 0 saturated heterocycles. The topological polar surface area (TPSA) is 84.9 Å². The molecule has 2 aromatic carbocycles. The van der Waals surface area contributed by atoms with Crippen molar-refractivity contribution in [2.24, 2.45) is 0 Å². The second-order valence-electron chi connectivity index (χ2n) is 7.59. The van der Waals surface area contributed by atoms with Crippen LogP contribution in [-0.4, -0.2) is 46.4 Å². The number of aryl methyl sites for hydroxylation is 2. The van der Waals surface area contributed by atoms with Gasteiger partial charge in [-0.05, 0) is 55.7 Å². The van der Waals surface area contributed by atoms with E-state index in [1.807, 2.05) is 56.3 Å². The van der Waals surface area contributed by atoms with Gasteiger partial charge < -0.3 is 14.8 Å². The molecule has 2 aromatic rings. The summed E-state index contributed by atoms with van der Waals surface area (Å²) in [5.41, 5.74) is 2.61. The first kappa shape index (κ1) is 22.0. The molecule has 0 bridgehead atoms. The molecule has 1 aliphatic heterocycles. The Morgan fingerprint density at radius 3 is 2.47 bits per heavy atom. The Morgan fingerprint density at radius 1 is 1.13 bits per heavy atom. The number of benzene rings is 2. The molecule has 30 heavy (non-hydrogen) atoms. The molecule has 3 rings (SSSR count). The Morgan fingerprint density at radius 2 is 1.80 bits per heavy atom. The van der Waals surface area contributed by atoms with Crippen molar-refractivity contribution in [2.45, 2.75) is 32.8 Å². The average molecular weight is 433 g/mol. The van der Waals surface area contributed by atoms with Gasteiger partial charge in [-0.1, -0.05) is 18.2 Å². The van der Waals surface area contributed by atoms with E-state index in [1.165, 1.54) is 10.6 Å². The fourth-order valence-electron chi connectivity index (χ4n) is 3.44. The van der Waals surface area contributed by atoms with Crippen molar-refractivity contribution in [3.63, 3.8) is 0 Å². The average Bonchev–Trinajstić information content (AvgIpc) is 2.67. The van der Waals surface area contributed by atoms with Gasteiger partial charge in [-0.3, -0.25) is 9.10 Å². The van der Waals surface area contributed by atoms with Gasteiger partial charge >= 0.3 is 0 Å². The Kier molecular flexibility index (Phi) is 6.87. The molecule has 162 valence electrons. The minimum absolute atomic E-state index is 0.147. The van der Waals surface area contributed by atoms with Gasteiger partial charge in [-0.2, -0.15) is 0 Å². The van der Waals surface area contributed by atoms with Crippen molar-refractivity contribution in [3.8, 4) is 11.5 Å². The zero-order chi connectivity index (χ0) is 21.7. The Bertz CT molecular complexity index is 986. The van der Waals surface area contributed by atoms with Gasteiger partial charge in [0.25, 0.3) is 0 Å². The number of fused-ring (bicyclic) bond motifs is 1. The summed E-state index contributed by atoms with van der Waals surface area (Å²) in [5.74, 6) is 1.22. The third-order valence-electron chi connectivity index (χ3n) is 4.75. The Hall–Kier alpha value is -2.74. The van der Waals surface area contributed by atoms with E-state index in [-0.39, 0.29) is 25.0 Å². The molecule has 7 nitrogen and oxygen atoms in total. The largest absolute Gasteiger partial charge is 0.486 e. The highest BCUT2D eigenvalue weighted by atomic mass is 32.2. The molecule has 1 atom stereocenters. The summed E-state index contributed by atoms with van der Waals surface area (Å²) in [6.07, 6.45) is 1.56. The normalized spacial score (nSPS) is 15.5. The van der Waals surface area contributed by atoms with Crippen molar-refractivity contribution >= 4 is 21.6 Å². The van der Waals surface area contributed by atoms with Gasteiger partial charge in [0.2, 0.25) is 15.9 Å². The smallest absolute Gasteiger partial charge is 0.232 e. The molecule has 0 radical (unpaired) electrons. The van der Waals surface area contributed by atoms with Gasteiger partial charge in [-0.15, -0.1) is 0 Å². The zero-order valence-corrected chi connectivity index (χ0v) is 18.4. The van der Waals surface area contributed by atoms with Crippen LogP contribution in [0.1, 0.15) is 24.0 Å². The highest BCUT2D eigenvalue weighted by Crippen LogP contribution is 2.30. The lowest BCUT2D eigenvalue weighted by atomic mass is 10.1. The standard InChI is InChI=1S/C22H28N2O5S/c1-16-11-17(2)13-18(12-16)24(30(3,26)27)10-6-9-22(25)23-14-19-15-28-20-7-4-5-8-21(20)29-19/h4-5,7-8,11-13,19H,6,9-10,14-15H2,1-3H3,(H,23,25)/t19-/m0/s1. The number of sulfonamides is 1. The molecule has 0 unspecified atom stereocenters. The van der Waals surface area contributed by atoms with Crippen LogP contribution in [0.2, 0.25) is 0 Å². The number of rotatable bonds is 8. The minimum Gasteiger partial charge on any atom is -0.486 e. The molecular weight excluding hydrogens is 404 g/mol. The van der Waals surface area contributed by atoms with Crippen LogP contribution >= 0.6 is 0 Å². The van der Waals surface area contributed by atoms with E-state index >= 15 is 0 Å². The fourth-order valence-corrected chi connectivity index (χ4v) is 4.39. The molecule has 0 aromatic heterocycles. The molecule has 1 aliphatic rings. The Balaban J connectivity index is 1.49. The number of hydrogen-bond acceptors (Lipinski definition) is 5. The van der Waals surface area contributed by atoms with Crippen molar-refractivity contribution in [1.29, 1.82) is 0 Å². The van der Waals surface area contributed by atoms with Crippen LogP contribution in [0.5, 0.6) is 11.5 Å². The van der Waals surface area contributed by atoms with Crippen LogP contribution in [0.25, 0.3) is 0 Å². The second kappa shape index (κ2) is 9.38. The first-order chi connectivity index (χ1) is 14.2.